The fourth-order valence-corrected chi connectivity index (χ4v) is 2.60. The molecule has 0 saturated carbocycles. The number of unbranched alkanes of at least 4 members (excludes halogenated alkanes) is 1. The Kier molecular flexibility index (Phi) is 7.17. The largest absolute Gasteiger partial charge is 0.462 e. The van der Waals surface area contributed by atoms with E-state index in [4.69, 9.17) is 10.5 Å². The van der Waals surface area contributed by atoms with Gasteiger partial charge in [-0.2, -0.15) is 0 Å². The van der Waals surface area contributed by atoms with Crippen LogP contribution in [-0.4, -0.2) is 17.7 Å². The van der Waals surface area contributed by atoms with Crippen molar-refractivity contribution in [1.29, 1.82) is 0 Å². The number of halogens is 1. The Balaban J connectivity index is 3.10. The molecule has 0 bridgehead atoms. The Bertz CT molecular complexity index is 528. The number of esters is 1. The van der Waals surface area contributed by atoms with Crippen LogP contribution in [0.3, 0.4) is 0 Å². The minimum atomic E-state index is -0.862. The number of hydrogen-bond donors (Lipinski definition) is 2. The number of carbonyl (C=O) groups is 1. The molecule has 0 amide bonds. The number of nitrogen functional groups attached to an aromatic ring is 1. The van der Waals surface area contributed by atoms with Gasteiger partial charge >= 0.3 is 5.97 Å². The van der Waals surface area contributed by atoms with Crippen molar-refractivity contribution in [2.75, 3.05) is 12.3 Å². The summed E-state index contributed by atoms with van der Waals surface area (Å²) in [5, 5.41) is 10.4. The van der Waals surface area contributed by atoms with Crippen molar-refractivity contribution in [2.24, 2.45) is 0 Å². The molecular weight excluding hydrogens is 381 g/mol. The van der Waals surface area contributed by atoms with Crippen LogP contribution in [0.15, 0.2) is 24.3 Å². The second kappa shape index (κ2) is 8.38. The zero-order valence-electron chi connectivity index (χ0n) is 12.5. The third-order valence-electron chi connectivity index (χ3n) is 3.21. The van der Waals surface area contributed by atoms with Crippen LogP contribution in [0.4, 0.5) is 5.69 Å². The van der Waals surface area contributed by atoms with E-state index in [9.17, 15) is 9.90 Å². The number of carbonyl (C=O) groups excluding carboxylic acids is 1. The summed E-state index contributed by atoms with van der Waals surface area (Å²) in [7, 11) is 0. The quantitative estimate of drug-likeness (QED) is 0.314. The first kappa shape index (κ1) is 18.0. The van der Waals surface area contributed by atoms with Crippen molar-refractivity contribution < 1.29 is 14.6 Å². The molecule has 3 N–H and O–H groups in total. The molecule has 1 atom stereocenters. The summed E-state index contributed by atoms with van der Waals surface area (Å²) in [6.07, 6.45) is 1.86. The molecule has 21 heavy (non-hydrogen) atoms. The average molecular weight is 403 g/mol. The lowest BCUT2D eigenvalue weighted by atomic mass is 9.96. The lowest BCUT2D eigenvalue weighted by molar-refractivity contribution is 0.0526. The van der Waals surface area contributed by atoms with E-state index in [0.29, 0.717) is 29.0 Å². The monoisotopic (exact) mass is 403 g/mol. The maximum absolute atomic E-state index is 11.9. The third kappa shape index (κ3) is 4.71. The van der Waals surface area contributed by atoms with E-state index in [1.165, 1.54) is 0 Å². The van der Waals surface area contributed by atoms with Gasteiger partial charge in [0.25, 0.3) is 0 Å². The Morgan fingerprint density at radius 2 is 2.14 bits per heavy atom. The molecule has 1 aromatic rings. The van der Waals surface area contributed by atoms with Crippen LogP contribution >= 0.6 is 22.6 Å². The molecule has 0 aliphatic carbocycles. The molecule has 0 radical (unpaired) electrons. The molecule has 5 heteroatoms. The van der Waals surface area contributed by atoms with Crippen LogP contribution in [0.2, 0.25) is 0 Å². The van der Waals surface area contributed by atoms with Crippen molar-refractivity contribution in [2.45, 2.75) is 39.2 Å². The Morgan fingerprint density at radius 1 is 1.48 bits per heavy atom. The van der Waals surface area contributed by atoms with Crippen molar-refractivity contribution in [3.8, 4) is 0 Å². The first-order valence-corrected chi connectivity index (χ1v) is 8.11. The highest BCUT2D eigenvalue weighted by Gasteiger charge is 2.19. The van der Waals surface area contributed by atoms with Gasteiger partial charge in [-0.05, 0) is 60.1 Å². The van der Waals surface area contributed by atoms with Crippen LogP contribution in [-0.2, 0) is 4.74 Å². The van der Waals surface area contributed by atoms with Crippen molar-refractivity contribution in [3.05, 3.63) is 39.0 Å². The number of hydrogen-bond acceptors (Lipinski definition) is 4. The summed E-state index contributed by atoms with van der Waals surface area (Å²) in [6.45, 7) is 8.07. The maximum Gasteiger partial charge on any atom is 0.338 e. The minimum Gasteiger partial charge on any atom is -0.462 e. The van der Waals surface area contributed by atoms with E-state index in [1.807, 2.05) is 22.6 Å². The fourth-order valence-electron chi connectivity index (χ4n) is 1.96. The summed E-state index contributed by atoms with van der Waals surface area (Å²) in [5.41, 5.74) is 8.14. The zero-order chi connectivity index (χ0) is 16.0. The van der Waals surface area contributed by atoms with Gasteiger partial charge in [-0.15, -0.1) is 0 Å². The summed E-state index contributed by atoms with van der Waals surface area (Å²) in [4.78, 5) is 11.9. The lowest BCUT2D eigenvalue weighted by Crippen LogP contribution is -2.11. The molecule has 0 spiro atoms. The van der Waals surface area contributed by atoms with Crippen LogP contribution in [0.1, 0.15) is 55.1 Å². The van der Waals surface area contributed by atoms with E-state index in [-0.39, 0.29) is 0 Å². The average Bonchev–Trinajstić information content (AvgIpc) is 2.46. The zero-order valence-corrected chi connectivity index (χ0v) is 14.6. The Morgan fingerprint density at radius 3 is 2.71 bits per heavy atom. The second-order valence-electron chi connectivity index (χ2n) is 4.85. The summed E-state index contributed by atoms with van der Waals surface area (Å²) in [5.74, 6) is -0.414. The van der Waals surface area contributed by atoms with E-state index in [1.54, 1.807) is 19.1 Å². The van der Waals surface area contributed by atoms with Crippen molar-refractivity contribution in [3.63, 3.8) is 0 Å². The van der Waals surface area contributed by atoms with Gasteiger partial charge in [0, 0.05) is 9.13 Å². The van der Waals surface area contributed by atoms with Crippen LogP contribution < -0.4 is 5.73 Å². The molecule has 4 nitrogen and oxygen atoms in total. The lowest BCUT2D eigenvalue weighted by Gasteiger charge is -2.18. The van der Waals surface area contributed by atoms with Gasteiger partial charge < -0.3 is 15.6 Å². The smallest absolute Gasteiger partial charge is 0.338 e. The van der Waals surface area contributed by atoms with E-state index >= 15 is 0 Å². The highest BCUT2D eigenvalue weighted by Crippen LogP contribution is 2.32. The molecule has 0 aromatic heterocycles. The van der Waals surface area contributed by atoms with Gasteiger partial charge in [0.2, 0.25) is 0 Å². The first-order chi connectivity index (χ1) is 9.92. The SMILES string of the molecule is C=C(CCCC)C(O)c1cc(C(=O)OCC)cc(I)c1N. The van der Waals surface area contributed by atoms with E-state index < -0.39 is 12.1 Å². The van der Waals surface area contributed by atoms with Gasteiger partial charge in [-0.1, -0.05) is 19.9 Å². The van der Waals surface area contributed by atoms with E-state index in [0.717, 1.165) is 22.8 Å². The van der Waals surface area contributed by atoms with E-state index in [2.05, 4.69) is 13.5 Å². The summed E-state index contributed by atoms with van der Waals surface area (Å²) < 4.78 is 5.71. The topological polar surface area (TPSA) is 72.5 Å². The molecule has 0 aliphatic heterocycles. The number of ether oxygens (including phenoxy) is 1. The van der Waals surface area contributed by atoms with Gasteiger partial charge in [-0.25, -0.2) is 4.79 Å². The molecule has 1 rings (SSSR count). The molecule has 116 valence electrons. The summed E-state index contributed by atoms with van der Waals surface area (Å²) in [6, 6.07) is 3.26. The molecule has 0 heterocycles. The van der Waals surface area contributed by atoms with Crippen LogP contribution in [0.5, 0.6) is 0 Å². The number of rotatable bonds is 7. The highest BCUT2D eigenvalue weighted by atomic mass is 127. The molecule has 1 unspecified atom stereocenters. The normalized spacial score (nSPS) is 12.0. The predicted molar refractivity (Wildman–Crippen MR) is 93.2 cm³/mol. The first-order valence-electron chi connectivity index (χ1n) is 7.04. The van der Waals surface area contributed by atoms with Gasteiger partial charge in [0.05, 0.1) is 17.9 Å². The number of nitrogens with two attached hydrogens (primary N) is 1. The molecule has 0 aliphatic rings. The standard InChI is InChI=1S/C16H22INO3/c1-4-6-7-10(3)15(19)12-8-11(16(20)21-5-2)9-13(17)14(12)18/h8-9,15,19H,3-7,18H2,1-2H3. The highest BCUT2D eigenvalue weighted by molar-refractivity contribution is 14.1. The third-order valence-corrected chi connectivity index (χ3v) is 4.10. The van der Waals surface area contributed by atoms with Crippen LogP contribution in [0.25, 0.3) is 0 Å². The predicted octanol–water partition coefficient (Wildman–Crippen LogP) is 3.83. The van der Waals surface area contributed by atoms with Gasteiger partial charge in [0.15, 0.2) is 0 Å². The fraction of sp³-hybridized carbons (Fsp3) is 0.438. The number of aliphatic hydroxyl groups is 1. The van der Waals surface area contributed by atoms with Crippen LogP contribution in [0, 0.1) is 3.57 Å². The van der Waals surface area contributed by atoms with Gasteiger partial charge in [0.1, 0.15) is 6.10 Å². The van der Waals surface area contributed by atoms with Crippen molar-refractivity contribution in [1.82, 2.24) is 0 Å². The Labute approximate surface area is 139 Å². The second-order valence-corrected chi connectivity index (χ2v) is 6.01. The summed E-state index contributed by atoms with van der Waals surface area (Å²) >= 11 is 2.05. The number of benzene rings is 1. The molecule has 0 fully saturated rings. The minimum absolute atomic E-state index is 0.306. The van der Waals surface area contributed by atoms with Crippen molar-refractivity contribution >= 4 is 34.2 Å². The Hall–Kier alpha value is -1.08. The van der Waals surface area contributed by atoms with Gasteiger partial charge in [-0.3, -0.25) is 0 Å². The molecular formula is C16H22INO3. The maximum atomic E-state index is 11.9. The molecule has 0 saturated heterocycles. The molecule has 1 aromatic carbocycles. The number of aliphatic hydroxyl groups excluding tert-OH is 1. The number of anilines is 1.